The van der Waals surface area contributed by atoms with Gasteiger partial charge in [-0.05, 0) is 25.7 Å². The van der Waals surface area contributed by atoms with Gasteiger partial charge in [-0.1, -0.05) is 0 Å². The second kappa shape index (κ2) is 4.67. The number of nitrogens with zero attached hydrogens (tertiary/aromatic N) is 1. The maximum absolute atomic E-state index is 11.4. The number of hydrogen-bond acceptors (Lipinski definition) is 3. The van der Waals surface area contributed by atoms with Gasteiger partial charge in [0.15, 0.2) is 15.8 Å². The summed E-state index contributed by atoms with van der Waals surface area (Å²) in [5.41, 5.74) is 5.64. The summed E-state index contributed by atoms with van der Waals surface area (Å²) in [5.74, 6) is 0.382. The van der Waals surface area contributed by atoms with Crippen LogP contribution in [-0.4, -0.2) is 38.0 Å². The summed E-state index contributed by atoms with van der Waals surface area (Å²) in [4.78, 5) is 4.11. The number of nitrogens with two attached hydrogens (primary N) is 1. The van der Waals surface area contributed by atoms with Crippen LogP contribution in [0.15, 0.2) is 4.99 Å². The summed E-state index contributed by atoms with van der Waals surface area (Å²) < 4.78 is 22.3. The molecular formula is C9H18IN3O2S. The quantitative estimate of drug-likeness (QED) is 0.428. The molecule has 2 aliphatic rings. The van der Waals surface area contributed by atoms with Crippen molar-refractivity contribution in [2.24, 2.45) is 10.7 Å². The fourth-order valence-corrected chi connectivity index (χ4v) is 2.64. The average Bonchev–Trinajstić information content (AvgIpc) is 2.95. The van der Waals surface area contributed by atoms with Crippen molar-refractivity contribution in [1.29, 1.82) is 0 Å². The molecule has 0 saturated heterocycles. The number of aliphatic imine (C=N–C) groups is 1. The number of sulfone groups is 1. The van der Waals surface area contributed by atoms with Gasteiger partial charge in [0.2, 0.25) is 0 Å². The zero-order valence-electron chi connectivity index (χ0n) is 9.27. The summed E-state index contributed by atoms with van der Waals surface area (Å²) >= 11 is 0. The van der Waals surface area contributed by atoms with E-state index in [1.54, 1.807) is 0 Å². The highest BCUT2D eigenvalue weighted by Crippen LogP contribution is 2.43. The summed E-state index contributed by atoms with van der Waals surface area (Å²) in [7, 11) is -2.99. The number of nitrogens with one attached hydrogen (secondary N) is 1. The van der Waals surface area contributed by atoms with Crippen LogP contribution in [0, 0.1) is 0 Å². The van der Waals surface area contributed by atoms with E-state index in [4.69, 9.17) is 5.73 Å². The highest BCUT2D eigenvalue weighted by molar-refractivity contribution is 14.0. The maximum Gasteiger partial charge on any atom is 0.188 e. The van der Waals surface area contributed by atoms with Gasteiger partial charge in [-0.15, -0.1) is 24.0 Å². The largest absolute Gasteiger partial charge is 0.370 e. The van der Waals surface area contributed by atoms with Crippen LogP contribution < -0.4 is 11.1 Å². The average molecular weight is 359 g/mol. The minimum absolute atomic E-state index is 0. The molecule has 0 radical (unpaired) electrons. The lowest BCUT2D eigenvalue weighted by atomic mass is 10.4. The molecule has 0 bridgehead atoms. The highest BCUT2D eigenvalue weighted by Gasteiger charge is 2.52. The molecule has 0 aromatic rings. The lowest BCUT2D eigenvalue weighted by Gasteiger charge is -2.10. The molecule has 0 atom stereocenters. The SMILES string of the molecule is CS(=O)(=O)C1(CN=C(N)NC2CC2)CC1.I. The van der Waals surface area contributed by atoms with Crippen LogP contribution in [0.25, 0.3) is 0 Å². The van der Waals surface area contributed by atoms with Gasteiger partial charge in [0.05, 0.1) is 11.3 Å². The molecule has 0 aliphatic heterocycles. The van der Waals surface area contributed by atoms with E-state index in [-0.39, 0.29) is 24.0 Å². The van der Waals surface area contributed by atoms with Crippen LogP contribution in [0.2, 0.25) is 0 Å². The molecule has 2 aliphatic carbocycles. The van der Waals surface area contributed by atoms with Crippen molar-refractivity contribution in [3.05, 3.63) is 0 Å². The fraction of sp³-hybridized carbons (Fsp3) is 0.889. The Morgan fingerprint density at radius 1 is 1.50 bits per heavy atom. The first-order valence-corrected chi connectivity index (χ1v) is 7.08. The highest BCUT2D eigenvalue weighted by atomic mass is 127. The van der Waals surface area contributed by atoms with Crippen LogP contribution in [0.4, 0.5) is 0 Å². The van der Waals surface area contributed by atoms with E-state index in [1.807, 2.05) is 0 Å². The van der Waals surface area contributed by atoms with E-state index in [9.17, 15) is 8.42 Å². The van der Waals surface area contributed by atoms with Crippen molar-refractivity contribution in [3.8, 4) is 0 Å². The fourth-order valence-electron chi connectivity index (χ4n) is 1.50. The maximum atomic E-state index is 11.4. The zero-order valence-corrected chi connectivity index (χ0v) is 12.4. The van der Waals surface area contributed by atoms with E-state index in [0.29, 0.717) is 31.4 Å². The topological polar surface area (TPSA) is 84.5 Å². The Balaban J connectivity index is 0.00000128. The molecule has 2 rings (SSSR count). The van der Waals surface area contributed by atoms with Crippen LogP contribution in [0.5, 0.6) is 0 Å². The summed E-state index contributed by atoms with van der Waals surface area (Å²) in [6, 6.07) is 0.460. The van der Waals surface area contributed by atoms with Crippen LogP contribution in [0.3, 0.4) is 0 Å². The monoisotopic (exact) mass is 359 g/mol. The zero-order chi connectivity index (χ0) is 11.1. The Kier molecular flexibility index (Phi) is 4.09. The molecule has 7 heteroatoms. The van der Waals surface area contributed by atoms with Crippen molar-refractivity contribution in [3.63, 3.8) is 0 Å². The van der Waals surface area contributed by atoms with E-state index in [0.717, 1.165) is 12.8 Å². The van der Waals surface area contributed by atoms with E-state index >= 15 is 0 Å². The number of halogens is 1. The predicted molar refractivity (Wildman–Crippen MR) is 74.9 cm³/mol. The van der Waals surface area contributed by atoms with Gasteiger partial charge in [-0.3, -0.25) is 4.99 Å². The molecule has 0 aromatic carbocycles. The Morgan fingerprint density at radius 2 is 2.06 bits per heavy atom. The molecule has 16 heavy (non-hydrogen) atoms. The van der Waals surface area contributed by atoms with Gasteiger partial charge in [0.25, 0.3) is 0 Å². The van der Waals surface area contributed by atoms with Crippen LogP contribution in [0.1, 0.15) is 25.7 Å². The number of hydrogen-bond donors (Lipinski definition) is 2. The molecule has 94 valence electrons. The van der Waals surface area contributed by atoms with Crippen LogP contribution >= 0.6 is 24.0 Å². The third-order valence-corrected chi connectivity index (χ3v) is 5.17. The molecule has 0 spiro atoms. The molecule has 2 fully saturated rings. The minimum Gasteiger partial charge on any atom is -0.370 e. The first kappa shape index (κ1) is 14.0. The van der Waals surface area contributed by atoms with Crippen molar-refractivity contribution < 1.29 is 8.42 Å². The lowest BCUT2D eigenvalue weighted by Crippen LogP contribution is -2.35. The van der Waals surface area contributed by atoms with Gasteiger partial charge in [-0.2, -0.15) is 0 Å². The van der Waals surface area contributed by atoms with Crippen molar-refractivity contribution >= 4 is 39.8 Å². The van der Waals surface area contributed by atoms with E-state index < -0.39 is 14.6 Å². The van der Waals surface area contributed by atoms with Gasteiger partial charge in [0, 0.05) is 12.3 Å². The van der Waals surface area contributed by atoms with Crippen molar-refractivity contribution in [1.82, 2.24) is 5.32 Å². The Bertz CT molecular complexity index is 386. The normalized spacial score (nSPS) is 23.4. The molecule has 0 aromatic heterocycles. The standard InChI is InChI=1S/C9H17N3O2S.HI/c1-15(13,14)9(4-5-9)6-11-8(10)12-7-2-3-7;/h7H,2-6H2,1H3,(H3,10,11,12);1H. The van der Waals surface area contributed by atoms with Crippen LogP contribution in [-0.2, 0) is 9.84 Å². The Morgan fingerprint density at radius 3 is 2.44 bits per heavy atom. The molecule has 0 unspecified atom stereocenters. The minimum atomic E-state index is -2.99. The summed E-state index contributed by atoms with van der Waals surface area (Å²) in [5, 5.41) is 3.04. The first-order valence-electron chi connectivity index (χ1n) is 5.19. The third kappa shape index (κ3) is 3.22. The van der Waals surface area contributed by atoms with E-state index in [1.165, 1.54) is 6.26 Å². The third-order valence-electron chi connectivity index (χ3n) is 3.06. The Hall–Kier alpha value is -0.0500. The van der Waals surface area contributed by atoms with Gasteiger partial charge in [0.1, 0.15) is 0 Å². The second-order valence-corrected chi connectivity index (χ2v) is 6.99. The molecule has 0 amide bonds. The molecule has 5 nitrogen and oxygen atoms in total. The van der Waals surface area contributed by atoms with Gasteiger partial charge in [-0.25, -0.2) is 8.42 Å². The second-order valence-electron chi connectivity index (χ2n) is 4.58. The first-order chi connectivity index (χ1) is 6.93. The van der Waals surface area contributed by atoms with Crippen molar-refractivity contribution in [2.45, 2.75) is 36.5 Å². The number of guanidine groups is 1. The predicted octanol–water partition coefficient (Wildman–Crippen LogP) is 0.248. The summed E-state index contributed by atoms with van der Waals surface area (Å²) in [6.07, 6.45) is 4.97. The summed E-state index contributed by atoms with van der Waals surface area (Å²) in [6.45, 7) is 0.303. The lowest BCUT2D eigenvalue weighted by molar-refractivity contribution is 0.583. The van der Waals surface area contributed by atoms with Gasteiger partial charge >= 0.3 is 0 Å². The number of rotatable bonds is 4. The smallest absolute Gasteiger partial charge is 0.188 e. The van der Waals surface area contributed by atoms with Gasteiger partial charge < -0.3 is 11.1 Å². The van der Waals surface area contributed by atoms with Crippen molar-refractivity contribution in [2.75, 3.05) is 12.8 Å². The molecule has 2 saturated carbocycles. The van der Waals surface area contributed by atoms with E-state index in [2.05, 4.69) is 10.3 Å². The Labute approximate surface area is 113 Å². The molecule has 0 heterocycles. The molecule has 3 N–H and O–H groups in total. The molecular weight excluding hydrogens is 341 g/mol.